The number of rotatable bonds is 5. The fourth-order valence-corrected chi connectivity index (χ4v) is 2.92. The molecule has 0 saturated heterocycles. The summed E-state index contributed by atoms with van der Waals surface area (Å²) >= 11 is 1.61. The van der Waals surface area contributed by atoms with Gasteiger partial charge in [0.05, 0.1) is 5.39 Å². The van der Waals surface area contributed by atoms with Gasteiger partial charge in [-0.25, -0.2) is 14.4 Å². The third kappa shape index (κ3) is 3.19. The Labute approximate surface area is 126 Å². The van der Waals surface area contributed by atoms with Gasteiger partial charge in [0.15, 0.2) is 0 Å². The fraction of sp³-hybridized carbons (Fsp3) is 0.250. The topological polar surface area (TPSA) is 37.8 Å². The molecule has 21 heavy (non-hydrogen) atoms. The van der Waals surface area contributed by atoms with Crippen molar-refractivity contribution in [3.05, 3.63) is 52.9 Å². The zero-order chi connectivity index (χ0) is 14.7. The second-order valence-corrected chi connectivity index (χ2v) is 5.75. The standard InChI is InChI=1S/C16H16FN3S/c1-2-8-18-15-13-7-9-21-16(13)20-14(19-15)10-11-3-5-12(17)6-4-11/h3-7,9H,2,8,10H2,1H3,(H,18,19,20). The number of thiophene rings is 1. The average molecular weight is 301 g/mol. The molecule has 0 unspecified atom stereocenters. The maximum Gasteiger partial charge on any atom is 0.138 e. The summed E-state index contributed by atoms with van der Waals surface area (Å²) in [4.78, 5) is 10.2. The molecular formula is C16H16FN3S. The Balaban J connectivity index is 1.92. The highest BCUT2D eigenvalue weighted by molar-refractivity contribution is 7.16. The number of anilines is 1. The van der Waals surface area contributed by atoms with Crippen LogP contribution in [0.1, 0.15) is 24.7 Å². The molecule has 0 saturated carbocycles. The zero-order valence-electron chi connectivity index (χ0n) is 11.8. The van der Waals surface area contributed by atoms with Crippen molar-refractivity contribution in [3.63, 3.8) is 0 Å². The quantitative estimate of drug-likeness (QED) is 0.766. The van der Waals surface area contributed by atoms with E-state index in [0.29, 0.717) is 6.42 Å². The summed E-state index contributed by atoms with van der Waals surface area (Å²) < 4.78 is 13.0. The van der Waals surface area contributed by atoms with Crippen molar-refractivity contribution in [3.8, 4) is 0 Å². The number of hydrogen-bond donors (Lipinski definition) is 1. The zero-order valence-corrected chi connectivity index (χ0v) is 12.6. The van der Waals surface area contributed by atoms with Gasteiger partial charge in [-0.1, -0.05) is 19.1 Å². The lowest BCUT2D eigenvalue weighted by Gasteiger charge is -2.08. The van der Waals surface area contributed by atoms with Gasteiger partial charge in [0.25, 0.3) is 0 Å². The molecule has 2 aromatic heterocycles. The van der Waals surface area contributed by atoms with E-state index in [1.807, 2.05) is 11.4 Å². The summed E-state index contributed by atoms with van der Waals surface area (Å²) in [5.41, 5.74) is 1.01. The number of halogens is 1. The van der Waals surface area contributed by atoms with Crippen LogP contribution < -0.4 is 5.32 Å². The molecule has 2 heterocycles. The Morgan fingerprint density at radius 2 is 1.95 bits per heavy atom. The van der Waals surface area contributed by atoms with Crippen LogP contribution in [0.4, 0.5) is 10.2 Å². The molecule has 0 aliphatic heterocycles. The second-order valence-electron chi connectivity index (χ2n) is 4.86. The van der Waals surface area contributed by atoms with Crippen molar-refractivity contribution in [1.29, 1.82) is 0 Å². The van der Waals surface area contributed by atoms with Gasteiger partial charge in [-0.05, 0) is 35.6 Å². The molecule has 0 aliphatic carbocycles. The highest BCUT2D eigenvalue weighted by atomic mass is 32.1. The van der Waals surface area contributed by atoms with Gasteiger partial charge in [0, 0.05) is 13.0 Å². The molecule has 3 aromatic rings. The fourth-order valence-electron chi connectivity index (χ4n) is 2.14. The predicted octanol–water partition coefficient (Wildman–Crippen LogP) is 4.24. The van der Waals surface area contributed by atoms with Crippen molar-refractivity contribution in [2.24, 2.45) is 0 Å². The molecule has 0 amide bonds. The molecule has 0 aliphatic rings. The monoisotopic (exact) mass is 301 g/mol. The van der Waals surface area contributed by atoms with Gasteiger partial charge in [-0.15, -0.1) is 11.3 Å². The van der Waals surface area contributed by atoms with Crippen molar-refractivity contribution in [2.75, 3.05) is 11.9 Å². The van der Waals surface area contributed by atoms with Crippen molar-refractivity contribution in [1.82, 2.24) is 9.97 Å². The molecule has 1 N–H and O–H groups in total. The maximum atomic E-state index is 13.0. The summed E-state index contributed by atoms with van der Waals surface area (Å²) in [6.45, 7) is 3.01. The summed E-state index contributed by atoms with van der Waals surface area (Å²) in [5.74, 6) is 1.43. The van der Waals surface area contributed by atoms with Crippen LogP contribution in [0.5, 0.6) is 0 Å². The van der Waals surface area contributed by atoms with Crippen LogP contribution in [-0.2, 0) is 6.42 Å². The minimum absolute atomic E-state index is 0.223. The highest BCUT2D eigenvalue weighted by Crippen LogP contribution is 2.25. The van der Waals surface area contributed by atoms with Crippen LogP contribution in [0.2, 0.25) is 0 Å². The molecule has 3 nitrogen and oxygen atoms in total. The molecule has 1 aromatic carbocycles. The van der Waals surface area contributed by atoms with Crippen LogP contribution >= 0.6 is 11.3 Å². The lowest BCUT2D eigenvalue weighted by atomic mass is 10.1. The van der Waals surface area contributed by atoms with Crippen LogP contribution in [-0.4, -0.2) is 16.5 Å². The van der Waals surface area contributed by atoms with E-state index in [9.17, 15) is 4.39 Å². The van der Waals surface area contributed by atoms with Crippen molar-refractivity contribution >= 4 is 27.4 Å². The first-order chi connectivity index (χ1) is 10.3. The number of benzene rings is 1. The maximum absolute atomic E-state index is 13.0. The van der Waals surface area contributed by atoms with Crippen LogP contribution in [0.25, 0.3) is 10.2 Å². The SMILES string of the molecule is CCCNc1nc(Cc2ccc(F)cc2)nc2sccc12. The molecule has 108 valence electrons. The lowest BCUT2D eigenvalue weighted by molar-refractivity contribution is 0.627. The molecule has 0 spiro atoms. The van der Waals surface area contributed by atoms with Gasteiger partial charge < -0.3 is 5.32 Å². The Kier molecular flexibility index (Phi) is 4.10. The Morgan fingerprint density at radius 3 is 2.71 bits per heavy atom. The third-order valence-electron chi connectivity index (χ3n) is 3.19. The molecule has 5 heteroatoms. The molecule has 0 fully saturated rings. The Bertz CT molecular complexity index is 737. The predicted molar refractivity (Wildman–Crippen MR) is 85.4 cm³/mol. The first-order valence-corrected chi connectivity index (χ1v) is 7.86. The first kappa shape index (κ1) is 13.9. The van der Waals surface area contributed by atoms with Crippen LogP contribution in [0, 0.1) is 5.82 Å². The van der Waals surface area contributed by atoms with E-state index in [1.165, 1.54) is 12.1 Å². The van der Waals surface area contributed by atoms with E-state index in [2.05, 4.69) is 22.2 Å². The minimum atomic E-state index is -0.223. The summed E-state index contributed by atoms with van der Waals surface area (Å²) in [7, 11) is 0. The van der Waals surface area contributed by atoms with Crippen molar-refractivity contribution in [2.45, 2.75) is 19.8 Å². The molecule has 0 bridgehead atoms. The van der Waals surface area contributed by atoms with E-state index in [4.69, 9.17) is 0 Å². The third-order valence-corrected chi connectivity index (χ3v) is 4.00. The van der Waals surface area contributed by atoms with Crippen molar-refractivity contribution < 1.29 is 4.39 Å². The van der Waals surface area contributed by atoms with Gasteiger partial charge >= 0.3 is 0 Å². The lowest BCUT2D eigenvalue weighted by Crippen LogP contribution is -2.06. The van der Waals surface area contributed by atoms with E-state index in [1.54, 1.807) is 23.5 Å². The van der Waals surface area contributed by atoms with Gasteiger partial charge in [-0.2, -0.15) is 0 Å². The van der Waals surface area contributed by atoms with Crippen LogP contribution in [0.3, 0.4) is 0 Å². The molecule has 3 rings (SSSR count). The molecular weight excluding hydrogens is 285 g/mol. The van der Waals surface area contributed by atoms with E-state index < -0.39 is 0 Å². The molecule has 0 atom stereocenters. The highest BCUT2D eigenvalue weighted by Gasteiger charge is 2.09. The number of nitrogens with zero attached hydrogens (tertiary/aromatic N) is 2. The summed E-state index contributed by atoms with van der Waals surface area (Å²) in [5, 5.41) is 6.45. The van der Waals surface area contributed by atoms with Gasteiger partial charge in [0.2, 0.25) is 0 Å². The largest absolute Gasteiger partial charge is 0.369 e. The molecule has 0 radical (unpaired) electrons. The first-order valence-electron chi connectivity index (χ1n) is 6.98. The number of aromatic nitrogens is 2. The number of nitrogens with one attached hydrogen (secondary N) is 1. The van der Waals surface area contributed by atoms with Gasteiger partial charge in [-0.3, -0.25) is 0 Å². The average Bonchev–Trinajstić information content (AvgIpc) is 2.95. The van der Waals surface area contributed by atoms with E-state index in [-0.39, 0.29) is 5.82 Å². The smallest absolute Gasteiger partial charge is 0.138 e. The van der Waals surface area contributed by atoms with E-state index >= 15 is 0 Å². The Morgan fingerprint density at radius 1 is 1.14 bits per heavy atom. The Hall–Kier alpha value is -2.01. The minimum Gasteiger partial charge on any atom is -0.369 e. The second kappa shape index (κ2) is 6.18. The number of hydrogen-bond acceptors (Lipinski definition) is 4. The van der Waals surface area contributed by atoms with Crippen LogP contribution in [0.15, 0.2) is 35.7 Å². The summed E-state index contributed by atoms with van der Waals surface area (Å²) in [6.07, 6.45) is 1.65. The van der Waals surface area contributed by atoms with Gasteiger partial charge in [0.1, 0.15) is 22.3 Å². The van der Waals surface area contributed by atoms with E-state index in [0.717, 1.165) is 40.4 Å². The normalized spacial score (nSPS) is 11.0. The summed E-state index contributed by atoms with van der Waals surface area (Å²) in [6, 6.07) is 8.52. The number of fused-ring (bicyclic) bond motifs is 1.